The summed E-state index contributed by atoms with van der Waals surface area (Å²) in [6.07, 6.45) is 0. The van der Waals surface area contributed by atoms with Crippen LogP contribution in [0, 0.1) is 0 Å². The first-order valence-electron chi connectivity index (χ1n) is 4.76. The van der Waals surface area contributed by atoms with Gasteiger partial charge in [0.15, 0.2) is 0 Å². The maximum Gasteiger partial charge on any atom is 0.298 e. The van der Waals surface area contributed by atoms with Crippen LogP contribution in [0.15, 0.2) is 24.3 Å². The highest BCUT2D eigenvalue weighted by Crippen LogP contribution is 2.27. The SMILES string of the molecule is COc1ccc(-c2nnc(NS(N)(=O)=O)s2)cc1. The third-order valence-electron chi connectivity index (χ3n) is 1.99. The van der Waals surface area contributed by atoms with Crippen LogP contribution in [0.5, 0.6) is 5.75 Å². The number of nitrogens with two attached hydrogens (primary N) is 1. The van der Waals surface area contributed by atoms with Crippen LogP contribution in [-0.2, 0) is 10.2 Å². The summed E-state index contributed by atoms with van der Waals surface area (Å²) in [5.74, 6) is 0.728. The topological polar surface area (TPSA) is 107 Å². The number of nitrogens with one attached hydrogen (secondary N) is 1. The van der Waals surface area contributed by atoms with Crippen molar-refractivity contribution in [3.63, 3.8) is 0 Å². The highest BCUT2D eigenvalue weighted by atomic mass is 32.2. The second-order valence-corrected chi connectivity index (χ2v) is 5.56. The minimum Gasteiger partial charge on any atom is -0.497 e. The Bertz CT molecular complexity index is 636. The first-order valence-corrected chi connectivity index (χ1v) is 7.13. The molecule has 0 amide bonds. The molecular weight excluding hydrogens is 276 g/mol. The lowest BCUT2D eigenvalue weighted by molar-refractivity contribution is 0.415. The summed E-state index contributed by atoms with van der Waals surface area (Å²) in [6, 6.07) is 7.17. The molecule has 1 aromatic heterocycles. The average Bonchev–Trinajstić information content (AvgIpc) is 2.75. The van der Waals surface area contributed by atoms with Gasteiger partial charge in [0.2, 0.25) is 5.13 Å². The van der Waals surface area contributed by atoms with Crippen molar-refractivity contribution in [2.24, 2.45) is 5.14 Å². The Hall–Kier alpha value is -1.71. The fourth-order valence-corrected chi connectivity index (χ4v) is 2.64. The predicted octanol–water partition coefficient (Wildman–Crippen LogP) is 0.829. The van der Waals surface area contributed by atoms with Gasteiger partial charge in [-0.2, -0.15) is 8.42 Å². The van der Waals surface area contributed by atoms with Crippen molar-refractivity contribution in [2.45, 2.75) is 0 Å². The van der Waals surface area contributed by atoms with Crippen molar-refractivity contribution in [3.8, 4) is 16.3 Å². The molecule has 0 aliphatic rings. The van der Waals surface area contributed by atoms with Gasteiger partial charge >= 0.3 is 0 Å². The molecule has 2 rings (SSSR count). The van der Waals surface area contributed by atoms with Gasteiger partial charge in [-0.1, -0.05) is 11.3 Å². The predicted molar refractivity (Wildman–Crippen MR) is 68.6 cm³/mol. The number of hydrogen-bond donors (Lipinski definition) is 2. The molecule has 0 bridgehead atoms. The Labute approximate surface area is 108 Å². The van der Waals surface area contributed by atoms with Gasteiger partial charge in [-0.05, 0) is 24.3 Å². The van der Waals surface area contributed by atoms with Gasteiger partial charge < -0.3 is 4.74 Å². The normalized spacial score (nSPS) is 11.2. The molecule has 7 nitrogen and oxygen atoms in total. The number of ether oxygens (including phenoxy) is 1. The average molecular weight is 286 g/mol. The summed E-state index contributed by atoms with van der Waals surface area (Å²) in [5, 5.41) is 13.1. The molecular formula is C9H10N4O3S2. The molecule has 0 radical (unpaired) electrons. The highest BCUT2D eigenvalue weighted by molar-refractivity contribution is 7.90. The van der Waals surface area contributed by atoms with E-state index in [1.807, 2.05) is 0 Å². The number of benzene rings is 1. The minimum atomic E-state index is -3.82. The van der Waals surface area contributed by atoms with Crippen molar-refractivity contribution in [1.82, 2.24) is 10.2 Å². The van der Waals surface area contributed by atoms with E-state index < -0.39 is 10.2 Å². The second-order valence-electron chi connectivity index (χ2n) is 3.29. The Kier molecular flexibility index (Phi) is 3.45. The highest BCUT2D eigenvalue weighted by Gasteiger charge is 2.10. The van der Waals surface area contributed by atoms with E-state index in [0.717, 1.165) is 22.6 Å². The standard InChI is InChI=1S/C9H10N4O3S2/c1-16-7-4-2-6(3-5-7)8-11-12-9(17-8)13-18(10,14)15/h2-5H,1H3,(H,12,13)(H2,10,14,15). The van der Waals surface area contributed by atoms with E-state index in [9.17, 15) is 8.42 Å². The Morgan fingerprint density at radius 2 is 1.94 bits per heavy atom. The molecule has 2 aromatic rings. The molecule has 3 N–H and O–H groups in total. The molecule has 0 saturated heterocycles. The van der Waals surface area contributed by atoms with Crippen LogP contribution in [-0.4, -0.2) is 25.7 Å². The lowest BCUT2D eigenvalue weighted by Crippen LogP contribution is -2.21. The van der Waals surface area contributed by atoms with E-state index in [1.54, 1.807) is 31.4 Å². The molecule has 1 heterocycles. The van der Waals surface area contributed by atoms with E-state index in [-0.39, 0.29) is 5.13 Å². The molecule has 9 heteroatoms. The van der Waals surface area contributed by atoms with E-state index in [2.05, 4.69) is 14.9 Å². The lowest BCUT2D eigenvalue weighted by atomic mass is 10.2. The number of rotatable bonds is 4. The minimum absolute atomic E-state index is 0.128. The summed E-state index contributed by atoms with van der Waals surface area (Å²) in [4.78, 5) is 0. The monoisotopic (exact) mass is 286 g/mol. The molecule has 0 aliphatic carbocycles. The van der Waals surface area contributed by atoms with Crippen molar-refractivity contribution >= 4 is 26.7 Å². The van der Waals surface area contributed by atoms with Gasteiger partial charge in [-0.25, -0.2) is 9.86 Å². The molecule has 0 fully saturated rings. The van der Waals surface area contributed by atoms with Crippen LogP contribution in [0.4, 0.5) is 5.13 Å². The molecule has 0 spiro atoms. The molecule has 0 aliphatic heterocycles. The zero-order valence-corrected chi connectivity index (χ0v) is 11.0. The summed E-state index contributed by atoms with van der Waals surface area (Å²) in [6.45, 7) is 0. The van der Waals surface area contributed by atoms with Crippen molar-refractivity contribution in [3.05, 3.63) is 24.3 Å². The number of methoxy groups -OCH3 is 1. The van der Waals surface area contributed by atoms with Crippen LogP contribution in [0.3, 0.4) is 0 Å². The van der Waals surface area contributed by atoms with Gasteiger partial charge in [-0.15, -0.1) is 10.2 Å². The summed E-state index contributed by atoms with van der Waals surface area (Å²) in [7, 11) is -2.24. The van der Waals surface area contributed by atoms with Crippen LogP contribution in [0.1, 0.15) is 0 Å². The first kappa shape index (κ1) is 12.7. The van der Waals surface area contributed by atoms with E-state index in [4.69, 9.17) is 9.88 Å². The van der Waals surface area contributed by atoms with Crippen LogP contribution < -0.4 is 14.6 Å². The van der Waals surface area contributed by atoms with Crippen molar-refractivity contribution in [1.29, 1.82) is 0 Å². The van der Waals surface area contributed by atoms with Crippen molar-refractivity contribution < 1.29 is 13.2 Å². The van der Waals surface area contributed by atoms with Gasteiger partial charge in [-0.3, -0.25) is 0 Å². The number of hydrogen-bond acceptors (Lipinski definition) is 6. The quantitative estimate of drug-likeness (QED) is 0.865. The number of aromatic nitrogens is 2. The van der Waals surface area contributed by atoms with Gasteiger partial charge in [0.05, 0.1) is 7.11 Å². The molecule has 0 atom stereocenters. The summed E-state index contributed by atoms with van der Waals surface area (Å²) < 4.78 is 28.7. The fourth-order valence-electron chi connectivity index (χ4n) is 1.24. The summed E-state index contributed by atoms with van der Waals surface area (Å²) in [5.41, 5.74) is 0.816. The van der Waals surface area contributed by atoms with Crippen LogP contribution >= 0.6 is 11.3 Å². The maximum absolute atomic E-state index is 10.8. The summed E-state index contributed by atoms with van der Waals surface area (Å²) >= 11 is 1.09. The van der Waals surface area contributed by atoms with Crippen LogP contribution in [0.2, 0.25) is 0 Å². The third kappa shape index (κ3) is 3.15. The zero-order valence-electron chi connectivity index (χ0n) is 9.32. The van der Waals surface area contributed by atoms with Gasteiger partial charge in [0, 0.05) is 5.56 Å². The molecule has 0 saturated carbocycles. The molecule has 1 aromatic carbocycles. The fraction of sp³-hybridized carbons (Fsp3) is 0.111. The third-order valence-corrected chi connectivity index (χ3v) is 3.49. The Morgan fingerprint density at radius 3 is 2.50 bits per heavy atom. The lowest BCUT2D eigenvalue weighted by Gasteiger charge is -1.99. The number of nitrogens with zero attached hydrogens (tertiary/aromatic N) is 2. The zero-order chi connectivity index (χ0) is 13.2. The van der Waals surface area contributed by atoms with Gasteiger partial charge in [0.25, 0.3) is 10.2 Å². The van der Waals surface area contributed by atoms with Crippen LogP contribution in [0.25, 0.3) is 10.6 Å². The first-order chi connectivity index (χ1) is 8.48. The second kappa shape index (κ2) is 4.88. The van der Waals surface area contributed by atoms with E-state index in [0.29, 0.717) is 5.01 Å². The molecule has 18 heavy (non-hydrogen) atoms. The molecule has 96 valence electrons. The van der Waals surface area contributed by atoms with E-state index in [1.165, 1.54) is 0 Å². The Morgan fingerprint density at radius 1 is 1.28 bits per heavy atom. The maximum atomic E-state index is 10.8. The smallest absolute Gasteiger partial charge is 0.298 e. The number of anilines is 1. The van der Waals surface area contributed by atoms with Crippen molar-refractivity contribution in [2.75, 3.05) is 11.8 Å². The van der Waals surface area contributed by atoms with Gasteiger partial charge in [0.1, 0.15) is 10.8 Å². The molecule has 0 unspecified atom stereocenters. The van der Waals surface area contributed by atoms with E-state index >= 15 is 0 Å². The largest absolute Gasteiger partial charge is 0.497 e. The Balaban J connectivity index is 2.23.